The summed E-state index contributed by atoms with van der Waals surface area (Å²) in [7, 11) is 0. The first kappa shape index (κ1) is 11.6. The van der Waals surface area contributed by atoms with Crippen LogP contribution in [0.15, 0.2) is 34.9 Å². The largest absolute Gasteiger partial charge is 0.435 e. The molecule has 0 aliphatic heterocycles. The van der Waals surface area contributed by atoms with Crippen molar-refractivity contribution in [3.05, 3.63) is 36.2 Å². The maximum Gasteiger partial charge on any atom is 0.435 e. The lowest BCUT2D eigenvalue weighted by atomic mass is 10.3. The third-order valence-electron chi connectivity index (χ3n) is 2.48. The van der Waals surface area contributed by atoms with Gasteiger partial charge in [-0.2, -0.15) is 27.9 Å². The fourth-order valence-electron chi connectivity index (χ4n) is 1.61. The summed E-state index contributed by atoms with van der Waals surface area (Å²) >= 11 is 0. The number of nitrogens with zero attached hydrogens (tertiary/aromatic N) is 3. The number of anilines is 1. The van der Waals surface area contributed by atoms with Gasteiger partial charge >= 0.3 is 12.2 Å². The minimum Gasteiger partial charge on any atom is -0.422 e. The molecule has 5 nitrogen and oxygen atoms in total. The first-order chi connectivity index (χ1) is 8.93. The summed E-state index contributed by atoms with van der Waals surface area (Å²) in [5, 5.41) is 3.37. The second-order valence-corrected chi connectivity index (χ2v) is 3.87. The molecular formula is C11H7F3N4O. The SMILES string of the molecule is Nc1ccc2nc(-n3ccc(C(F)(F)F)n3)oc2c1. The highest BCUT2D eigenvalue weighted by atomic mass is 19.4. The number of nitrogen functional groups attached to an aromatic ring is 1. The van der Waals surface area contributed by atoms with E-state index in [-0.39, 0.29) is 6.01 Å². The summed E-state index contributed by atoms with van der Waals surface area (Å²) in [5.41, 5.74) is 5.93. The Labute approximate surface area is 104 Å². The van der Waals surface area contributed by atoms with Crippen LogP contribution < -0.4 is 5.73 Å². The summed E-state index contributed by atoms with van der Waals surface area (Å²) in [4.78, 5) is 4.03. The maximum absolute atomic E-state index is 12.4. The third kappa shape index (κ3) is 2.01. The van der Waals surface area contributed by atoms with Gasteiger partial charge in [0.05, 0.1) is 0 Å². The topological polar surface area (TPSA) is 69.9 Å². The van der Waals surface area contributed by atoms with Crippen LogP contribution in [0.1, 0.15) is 5.69 Å². The van der Waals surface area contributed by atoms with Gasteiger partial charge in [-0.15, -0.1) is 0 Å². The Morgan fingerprint density at radius 2 is 2.00 bits per heavy atom. The molecule has 0 saturated carbocycles. The molecule has 8 heteroatoms. The van der Waals surface area contributed by atoms with Crippen LogP contribution >= 0.6 is 0 Å². The van der Waals surface area contributed by atoms with Crippen molar-refractivity contribution in [1.82, 2.24) is 14.8 Å². The molecule has 2 N–H and O–H groups in total. The number of rotatable bonds is 1. The van der Waals surface area contributed by atoms with Gasteiger partial charge in [0.25, 0.3) is 0 Å². The van der Waals surface area contributed by atoms with Gasteiger partial charge in [0.15, 0.2) is 11.3 Å². The quantitative estimate of drug-likeness (QED) is 0.689. The van der Waals surface area contributed by atoms with Crippen molar-refractivity contribution in [1.29, 1.82) is 0 Å². The van der Waals surface area contributed by atoms with E-state index in [0.29, 0.717) is 16.8 Å². The third-order valence-corrected chi connectivity index (χ3v) is 2.48. The normalized spacial score (nSPS) is 12.2. The molecule has 0 atom stereocenters. The number of hydrogen-bond acceptors (Lipinski definition) is 4. The fourth-order valence-corrected chi connectivity index (χ4v) is 1.61. The molecule has 2 heterocycles. The molecular weight excluding hydrogens is 261 g/mol. The highest BCUT2D eigenvalue weighted by Gasteiger charge is 2.34. The van der Waals surface area contributed by atoms with E-state index < -0.39 is 11.9 Å². The summed E-state index contributed by atoms with van der Waals surface area (Å²) in [6.07, 6.45) is -3.36. The van der Waals surface area contributed by atoms with Crippen molar-refractivity contribution in [2.24, 2.45) is 0 Å². The Hall–Kier alpha value is -2.51. The van der Waals surface area contributed by atoms with Crippen molar-refractivity contribution >= 4 is 16.8 Å². The van der Waals surface area contributed by atoms with Gasteiger partial charge in [-0.1, -0.05) is 0 Å². The van der Waals surface area contributed by atoms with E-state index in [2.05, 4.69) is 10.1 Å². The highest BCUT2D eigenvalue weighted by molar-refractivity contribution is 5.77. The first-order valence-corrected chi connectivity index (χ1v) is 5.23. The van der Waals surface area contributed by atoms with E-state index in [4.69, 9.17) is 10.2 Å². The zero-order valence-corrected chi connectivity index (χ0v) is 9.35. The minimum atomic E-state index is -4.50. The molecule has 3 aromatic rings. The monoisotopic (exact) mass is 268 g/mol. The second kappa shape index (κ2) is 3.74. The molecule has 1 aromatic carbocycles. The van der Waals surface area contributed by atoms with Crippen LogP contribution in [0.5, 0.6) is 0 Å². The van der Waals surface area contributed by atoms with E-state index >= 15 is 0 Å². The van der Waals surface area contributed by atoms with Gasteiger partial charge in [0.2, 0.25) is 0 Å². The molecule has 0 spiro atoms. The standard InChI is InChI=1S/C11H7F3N4O/c12-11(13,14)9-3-4-18(17-9)10-16-7-2-1-6(15)5-8(7)19-10/h1-5H,15H2. The van der Waals surface area contributed by atoms with Gasteiger partial charge in [0, 0.05) is 18.0 Å². The van der Waals surface area contributed by atoms with Gasteiger partial charge in [-0.05, 0) is 18.2 Å². The molecule has 0 bridgehead atoms. The van der Waals surface area contributed by atoms with Crippen molar-refractivity contribution in [3.63, 3.8) is 0 Å². The molecule has 0 unspecified atom stereocenters. The number of aromatic nitrogens is 3. The van der Waals surface area contributed by atoms with Crippen LogP contribution in [-0.4, -0.2) is 14.8 Å². The molecule has 0 amide bonds. The molecule has 19 heavy (non-hydrogen) atoms. The zero-order valence-electron chi connectivity index (χ0n) is 9.35. The maximum atomic E-state index is 12.4. The van der Waals surface area contributed by atoms with Crippen molar-refractivity contribution in [2.75, 3.05) is 5.73 Å². The predicted molar refractivity (Wildman–Crippen MR) is 60.5 cm³/mol. The van der Waals surface area contributed by atoms with E-state index in [1.165, 1.54) is 0 Å². The van der Waals surface area contributed by atoms with Gasteiger partial charge < -0.3 is 10.2 Å². The molecule has 0 radical (unpaired) electrons. The van der Waals surface area contributed by atoms with Crippen LogP contribution in [-0.2, 0) is 6.18 Å². The van der Waals surface area contributed by atoms with Crippen LogP contribution in [0, 0.1) is 0 Å². The summed E-state index contributed by atoms with van der Waals surface area (Å²) in [5.74, 6) is 0. The lowest BCUT2D eigenvalue weighted by molar-refractivity contribution is -0.141. The molecule has 0 fully saturated rings. The Balaban J connectivity index is 2.07. The molecule has 3 rings (SSSR count). The number of oxazole rings is 1. The molecule has 98 valence electrons. The highest BCUT2D eigenvalue weighted by Crippen LogP contribution is 2.28. The van der Waals surface area contributed by atoms with E-state index in [1.54, 1.807) is 18.2 Å². The minimum absolute atomic E-state index is 0.0453. The molecule has 2 aromatic heterocycles. The first-order valence-electron chi connectivity index (χ1n) is 5.23. The summed E-state index contributed by atoms with van der Waals surface area (Å²) in [6, 6.07) is 5.59. The smallest absolute Gasteiger partial charge is 0.422 e. The number of fused-ring (bicyclic) bond motifs is 1. The van der Waals surface area contributed by atoms with Crippen molar-refractivity contribution < 1.29 is 17.6 Å². The van der Waals surface area contributed by atoms with E-state index in [1.807, 2.05) is 0 Å². The average Bonchev–Trinajstić information content (AvgIpc) is 2.92. The number of benzene rings is 1. The lowest BCUT2D eigenvalue weighted by Crippen LogP contribution is -2.07. The molecule has 0 aliphatic carbocycles. The fraction of sp³-hybridized carbons (Fsp3) is 0.0909. The van der Waals surface area contributed by atoms with Crippen LogP contribution in [0.3, 0.4) is 0 Å². The predicted octanol–water partition coefficient (Wildman–Crippen LogP) is 2.61. The molecule has 0 aliphatic rings. The second-order valence-electron chi connectivity index (χ2n) is 3.87. The van der Waals surface area contributed by atoms with Crippen LogP contribution in [0.25, 0.3) is 17.1 Å². The number of hydrogen-bond donors (Lipinski definition) is 1. The average molecular weight is 268 g/mol. The number of nitrogens with two attached hydrogens (primary N) is 1. The van der Waals surface area contributed by atoms with Gasteiger partial charge in [-0.25, -0.2) is 0 Å². The van der Waals surface area contributed by atoms with Gasteiger partial charge in [-0.3, -0.25) is 0 Å². The lowest BCUT2D eigenvalue weighted by Gasteiger charge is -1.99. The van der Waals surface area contributed by atoms with E-state index in [9.17, 15) is 13.2 Å². The Bertz CT molecular complexity index is 744. The van der Waals surface area contributed by atoms with Crippen molar-refractivity contribution in [2.45, 2.75) is 6.18 Å². The molecule has 0 saturated heterocycles. The summed E-state index contributed by atoms with van der Waals surface area (Å²) in [6.45, 7) is 0. The number of alkyl halides is 3. The van der Waals surface area contributed by atoms with E-state index in [0.717, 1.165) is 16.9 Å². The van der Waals surface area contributed by atoms with Crippen molar-refractivity contribution in [3.8, 4) is 6.01 Å². The number of halogens is 3. The summed E-state index contributed by atoms with van der Waals surface area (Å²) < 4.78 is 43.5. The Kier molecular flexibility index (Phi) is 2.28. The Morgan fingerprint density at radius 3 is 2.68 bits per heavy atom. The Morgan fingerprint density at radius 1 is 1.21 bits per heavy atom. The van der Waals surface area contributed by atoms with Gasteiger partial charge in [0.1, 0.15) is 5.52 Å². The van der Waals surface area contributed by atoms with Crippen LogP contribution in [0.4, 0.5) is 18.9 Å². The zero-order chi connectivity index (χ0) is 13.6. The van der Waals surface area contributed by atoms with Crippen LogP contribution in [0.2, 0.25) is 0 Å².